The lowest BCUT2D eigenvalue weighted by Crippen LogP contribution is -2.22. The third-order valence-corrected chi connectivity index (χ3v) is 3.18. The van der Waals surface area contributed by atoms with E-state index in [-0.39, 0.29) is 5.92 Å². The summed E-state index contributed by atoms with van der Waals surface area (Å²) in [6.45, 7) is 8.55. The molecule has 1 rings (SSSR count). The van der Waals surface area contributed by atoms with Crippen molar-refractivity contribution in [3.63, 3.8) is 0 Å². The fraction of sp³-hybridized carbons (Fsp3) is 0.923. The van der Waals surface area contributed by atoms with Crippen LogP contribution in [0.5, 0.6) is 0 Å². The van der Waals surface area contributed by atoms with Crippen molar-refractivity contribution in [1.82, 2.24) is 0 Å². The van der Waals surface area contributed by atoms with Gasteiger partial charge >= 0.3 is 0 Å². The van der Waals surface area contributed by atoms with Crippen molar-refractivity contribution in [1.29, 1.82) is 0 Å². The largest absolute Gasteiger partial charge is 0.299 e. The van der Waals surface area contributed by atoms with Crippen LogP contribution in [0, 0.1) is 23.7 Å². The number of hydrogen-bond acceptors (Lipinski definition) is 1. The molecule has 0 aromatic rings. The molecule has 1 aliphatic rings. The number of hydrogen-bond donors (Lipinski definition) is 0. The van der Waals surface area contributed by atoms with Crippen LogP contribution in [0.1, 0.15) is 53.4 Å². The number of Topliss-reactive ketones (excluding diaryl/α,β-unsaturated/α-hetero) is 1. The minimum atomic E-state index is 0.229. The minimum Gasteiger partial charge on any atom is -0.299 e. The van der Waals surface area contributed by atoms with Gasteiger partial charge in [-0.3, -0.25) is 4.79 Å². The maximum absolute atomic E-state index is 11.9. The molecular weight excluding hydrogens is 172 g/mol. The Morgan fingerprint density at radius 2 is 1.71 bits per heavy atom. The van der Waals surface area contributed by atoms with E-state index in [9.17, 15) is 4.79 Å². The van der Waals surface area contributed by atoms with Crippen LogP contribution in [0.2, 0.25) is 0 Å². The van der Waals surface area contributed by atoms with Crippen LogP contribution in [0.3, 0.4) is 0 Å². The zero-order chi connectivity index (χ0) is 10.7. The van der Waals surface area contributed by atoms with Gasteiger partial charge in [0.1, 0.15) is 5.78 Å². The highest BCUT2D eigenvalue weighted by atomic mass is 16.1. The maximum Gasteiger partial charge on any atom is 0.138 e. The predicted octanol–water partition coefficient (Wildman–Crippen LogP) is 3.67. The molecule has 1 atom stereocenters. The van der Waals surface area contributed by atoms with Gasteiger partial charge in [0.2, 0.25) is 0 Å². The summed E-state index contributed by atoms with van der Waals surface area (Å²) in [5.41, 5.74) is 0. The molecule has 0 aromatic carbocycles. The van der Waals surface area contributed by atoms with Crippen molar-refractivity contribution in [2.24, 2.45) is 23.7 Å². The van der Waals surface area contributed by atoms with E-state index in [1.807, 2.05) is 13.8 Å². The number of carbonyl (C=O) groups excluding carboxylic acids is 1. The lowest BCUT2D eigenvalue weighted by Gasteiger charge is -2.18. The zero-order valence-corrected chi connectivity index (χ0v) is 10.0. The van der Waals surface area contributed by atoms with Crippen LogP contribution in [0.15, 0.2) is 0 Å². The van der Waals surface area contributed by atoms with Crippen molar-refractivity contribution in [2.45, 2.75) is 53.4 Å². The molecule has 0 heterocycles. The highest BCUT2D eigenvalue weighted by molar-refractivity contribution is 5.83. The van der Waals surface area contributed by atoms with Crippen LogP contribution in [-0.4, -0.2) is 5.78 Å². The van der Waals surface area contributed by atoms with Gasteiger partial charge in [-0.2, -0.15) is 0 Å². The molecule has 1 aliphatic carbocycles. The first-order valence-electron chi connectivity index (χ1n) is 6.06. The van der Waals surface area contributed by atoms with Gasteiger partial charge in [-0.25, -0.2) is 0 Å². The Morgan fingerprint density at radius 3 is 2.07 bits per heavy atom. The van der Waals surface area contributed by atoms with Gasteiger partial charge in [0.05, 0.1) is 0 Å². The molecule has 1 nitrogen and oxygen atoms in total. The molecule has 82 valence electrons. The quantitative estimate of drug-likeness (QED) is 0.633. The second-order valence-corrected chi connectivity index (χ2v) is 5.47. The Kier molecular flexibility index (Phi) is 4.15. The van der Waals surface area contributed by atoms with Crippen molar-refractivity contribution in [3.8, 4) is 0 Å². The van der Waals surface area contributed by atoms with E-state index in [2.05, 4.69) is 13.8 Å². The normalized spacial score (nSPS) is 19.0. The van der Waals surface area contributed by atoms with Crippen LogP contribution >= 0.6 is 0 Å². The van der Waals surface area contributed by atoms with Crippen molar-refractivity contribution in [2.75, 3.05) is 0 Å². The average Bonchev–Trinajstić information content (AvgIpc) is 2.87. The van der Waals surface area contributed by atoms with Gasteiger partial charge in [0.15, 0.2) is 0 Å². The molecule has 0 spiro atoms. The summed E-state index contributed by atoms with van der Waals surface area (Å²) in [5.74, 6) is 2.60. The van der Waals surface area contributed by atoms with Gasteiger partial charge in [-0.05, 0) is 31.1 Å². The van der Waals surface area contributed by atoms with Crippen LogP contribution in [0.4, 0.5) is 0 Å². The fourth-order valence-electron chi connectivity index (χ4n) is 2.05. The van der Waals surface area contributed by atoms with Crippen LogP contribution in [-0.2, 0) is 4.79 Å². The first kappa shape index (κ1) is 11.7. The van der Waals surface area contributed by atoms with Gasteiger partial charge in [0, 0.05) is 11.8 Å². The molecule has 0 unspecified atom stereocenters. The fourth-order valence-corrected chi connectivity index (χ4v) is 2.05. The van der Waals surface area contributed by atoms with Crippen LogP contribution in [0.25, 0.3) is 0 Å². The van der Waals surface area contributed by atoms with Crippen molar-refractivity contribution in [3.05, 3.63) is 0 Å². The molecular formula is C13H24O. The molecule has 0 bridgehead atoms. The molecule has 14 heavy (non-hydrogen) atoms. The number of carbonyl (C=O) groups is 1. The highest BCUT2D eigenvalue weighted by Crippen LogP contribution is 2.41. The Labute approximate surface area is 88.3 Å². The second kappa shape index (κ2) is 4.95. The molecule has 0 amide bonds. The van der Waals surface area contributed by atoms with Crippen molar-refractivity contribution >= 4 is 5.78 Å². The summed E-state index contributed by atoms with van der Waals surface area (Å²) < 4.78 is 0. The summed E-state index contributed by atoms with van der Waals surface area (Å²) in [6.07, 6.45) is 4.92. The first-order chi connectivity index (χ1) is 6.52. The zero-order valence-electron chi connectivity index (χ0n) is 10.0. The van der Waals surface area contributed by atoms with E-state index in [4.69, 9.17) is 0 Å². The molecule has 0 aromatic heterocycles. The van der Waals surface area contributed by atoms with E-state index >= 15 is 0 Å². The Hall–Kier alpha value is -0.330. The Bertz CT molecular complexity index is 189. The summed E-state index contributed by atoms with van der Waals surface area (Å²) in [6, 6.07) is 0. The minimum absolute atomic E-state index is 0.229. The summed E-state index contributed by atoms with van der Waals surface area (Å²) in [7, 11) is 0. The van der Waals surface area contributed by atoms with E-state index in [0.29, 0.717) is 11.7 Å². The molecule has 0 aliphatic heterocycles. The third kappa shape index (κ3) is 3.43. The maximum atomic E-state index is 11.9. The number of rotatable bonds is 6. The van der Waals surface area contributed by atoms with Gasteiger partial charge in [-0.15, -0.1) is 0 Å². The van der Waals surface area contributed by atoms with E-state index in [1.165, 1.54) is 19.3 Å². The lowest BCUT2D eigenvalue weighted by molar-refractivity contribution is -0.126. The molecule has 1 heteroatoms. The smallest absolute Gasteiger partial charge is 0.138 e. The Morgan fingerprint density at radius 1 is 1.14 bits per heavy atom. The van der Waals surface area contributed by atoms with Gasteiger partial charge < -0.3 is 0 Å². The van der Waals surface area contributed by atoms with Crippen LogP contribution < -0.4 is 0 Å². The standard InChI is InChI=1S/C13H24O/c1-9(2)5-8-12(11-6-7-11)13(14)10(3)4/h9-12H,5-8H2,1-4H3/t12-/m1/s1. The third-order valence-electron chi connectivity index (χ3n) is 3.18. The Balaban J connectivity index is 2.42. The van der Waals surface area contributed by atoms with E-state index in [1.54, 1.807) is 0 Å². The first-order valence-corrected chi connectivity index (χ1v) is 6.06. The second-order valence-electron chi connectivity index (χ2n) is 5.47. The lowest BCUT2D eigenvalue weighted by atomic mass is 9.86. The van der Waals surface area contributed by atoms with Gasteiger partial charge in [-0.1, -0.05) is 34.1 Å². The summed E-state index contributed by atoms with van der Waals surface area (Å²) >= 11 is 0. The summed E-state index contributed by atoms with van der Waals surface area (Å²) in [4.78, 5) is 11.9. The average molecular weight is 196 g/mol. The van der Waals surface area contributed by atoms with E-state index in [0.717, 1.165) is 18.3 Å². The molecule has 1 saturated carbocycles. The number of ketones is 1. The molecule has 0 radical (unpaired) electrons. The summed E-state index contributed by atoms with van der Waals surface area (Å²) in [5, 5.41) is 0. The molecule has 1 fully saturated rings. The van der Waals surface area contributed by atoms with Crippen molar-refractivity contribution < 1.29 is 4.79 Å². The molecule has 0 saturated heterocycles. The highest BCUT2D eigenvalue weighted by Gasteiger charge is 2.36. The predicted molar refractivity (Wildman–Crippen MR) is 60.1 cm³/mol. The van der Waals surface area contributed by atoms with E-state index < -0.39 is 0 Å². The van der Waals surface area contributed by atoms with Gasteiger partial charge in [0.25, 0.3) is 0 Å². The molecule has 0 N–H and O–H groups in total. The topological polar surface area (TPSA) is 17.1 Å². The monoisotopic (exact) mass is 196 g/mol. The SMILES string of the molecule is CC(C)CC[C@@H](C(=O)C(C)C)C1CC1.